The van der Waals surface area contributed by atoms with Crippen molar-refractivity contribution in [1.29, 1.82) is 0 Å². The molecule has 1 N–H and O–H groups in total. The summed E-state index contributed by atoms with van der Waals surface area (Å²) < 4.78 is 11.0. The smallest absolute Gasteiger partial charge is 0.311 e. The van der Waals surface area contributed by atoms with Gasteiger partial charge >= 0.3 is 5.69 Å². The number of ether oxygens (including phenoxy) is 2. The molecule has 8 heteroatoms. The number of rotatable bonds is 5. The number of carbonyl (C=O) groups is 1. The fraction of sp³-hybridized carbons (Fsp3) is 0.278. The Morgan fingerprint density at radius 2 is 1.92 bits per heavy atom. The van der Waals surface area contributed by atoms with Gasteiger partial charge in [0.15, 0.2) is 5.75 Å². The summed E-state index contributed by atoms with van der Waals surface area (Å²) in [6, 6.07) is 10.8. The number of phenolic OH excluding ortho intramolecular Hbond substituents is 1. The fourth-order valence-electron chi connectivity index (χ4n) is 2.84. The van der Waals surface area contributed by atoms with Crippen LogP contribution in [0.15, 0.2) is 42.5 Å². The van der Waals surface area contributed by atoms with E-state index in [4.69, 9.17) is 9.47 Å². The maximum Gasteiger partial charge on any atom is 0.311 e. The number of hydrogen-bond acceptors (Lipinski definition) is 6. The van der Waals surface area contributed by atoms with E-state index in [1.165, 1.54) is 6.07 Å². The Morgan fingerprint density at radius 3 is 2.58 bits per heavy atom. The number of benzene rings is 2. The summed E-state index contributed by atoms with van der Waals surface area (Å²) in [5, 5.41) is 20.4. The van der Waals surface area contributed by atoms with Gasteiger partial charge in [0.2, 0.25) is 0 Å². The van der Waals surface area contributed by atoms with E-state index in [1.807, 2.05) is 0 Å². The Hall–Kier alpha value is -3.29. The van der Waals surface area contributed by atoms with Crippen molar-refractivity contribution in [3.63, 3.8) is 0 Å². The SMILES string of the molecule is COc1ccc(O[C@@H]2CCN(C(=O)c3ccc(O)c([N+](=O)[O-])c3)C2)cc1. The number of hydrogen-bond donors (Lipinski definition) is 1. The van der Waals surface area contributed by atoms with Gasteiger partial charge < -0.3 is 19.5 Å². The van der Waals surface area contributed by atoms with E-state index in [-0.39, 0.29) is 17.6 Å². The Kier molecular flexibility index (Phi) is 4.92. The average Bonchev–Trinajstić information content (AvgIpc) is 3.10. The molecule has 0 radical (unpaired) electrons. The zero-order valence-electron chi connectivity index (χ0n) is 14.1. The van der Waals surface area contributed by atoms with Crippen LogP contribution in [0.3, 0.4) is 0 Å². The molecular formula is C18H18N2O6. The van der Waals surface area contributed by atoms with Crippen molar-refractivity contribution in [3.05, 3.63) is 58.1 Å². The van der Waals surface area contributed by atoms with E-state index in [2.05, 4.69) is 0 Å². The summed E-state index contributed by atoms with van der Waals surface area (Å²) in [6.45, 7) is 0.883. The molecule has 3 rings (SSSR count). The van der Waals surface area contributed by atoms with Crippen molar-refractivity contribution < 1.29 is 24.3 Å². The Bertz CT molecular complexity index is 821. The number of aromatic hydroxyl groups is 1. The highest BCUT2D eigenvalue weighted by Crippen LogP contribution is 2.28. The summed E-state index contributed by atoms with van der Waals surface area (Å²) in [4.78, 5) is 24.3. The van der Waals surface area contributed by atoms with Crippen LogP contribution in [0.2, 0.25) is 0 Å². The highest BCUT2D eigenvalue weighted by molar-refractivity contribution is 5.95. The largest absolute Gasteiger partial charge is 0.502 e. The Balaban J connectivity index is 1.65. The van der Waals surface area contributed by atoms with E-state index in [1.54, 1.807) is 36.3 Å². The molecule has 136 valence electrons. The molecule has 0 aromatic heterocycles. The van der Waals surface area contributed by atoms with Gasteiger partial charge in [-0.25, -0.2) is 0 Å². The second-order valence-corrected chi connectivity index (χ2v) is 5.92. The minimum absolute atomic E-state index is 0.153. The van der Waals surface area contributed by atoms with Gasteiger partial charge in [-0.1, -0.05) is 0 Å². The summed E-state index contributed by atoms with van der Waals surface area (Å²) in [5.41, 5.74) is -0.319. The lowest BCUT2D eigenvalue weighted by Crippen LogP contribution is -2.30. The van der Waals surface area contributed by atoms with Gasteiger partial charge in [0.1, 0.15) is 17.6 Å². The van der Waals surface area contributed by atoms with Gasteiger partial charge in [-0.2, -0.15) is 0 Å². The van der Waals surface area contributed by atoms with E-state index < -0.39 is 16.4 Å². The second kappa shape index (κ2) is 7.30. The molecule has 1 atom stereocenters. The molecule has 2 aromatic carbocycles. The number of likely N-dealkylation sites (tertiary alicyclic amines) is 1. The minimum Gasteiger partial charge on any atom is -0.502 e. The minimum atomic E-state index is -0.717. The van der Waals surface area contributed by atoms with Gasteiger partial charge in [0.25, 0.3) is 5.91 Å². The van der Waals surface area contributed by atoms with Crippen LogP contribution in [0.25, 0.3) is 0 Å². The van der Waals surface area contributed by atoms with Gasteiger partial charge in [0, 0.05) is 24.6 Å². The lowest BCUT2D eigenvalue weighted by molar-refractivity contribution is -0.385. The van der Waals surface area contributed by atoms with Crippen LogP contribution in [-0.2, 0) is 0 Å². The van der Waals surface area contributed by atoms with Crippen LogP contribution in [0, 0.1) is 10.1 Å². The molecule has 0 aliphatic carbocycles. The number of nitro groups is 1. The van der Waals surface area contributed by atoms with Gasteiger partial charge in [-0.3, -0.25) is 14.9 Å². The molecule has 2 aromatic rings. The van der Waals surface area contributed by atoms with Gasteiger partial charge in [-0.15, -0.1) is 0 Å². The average molecular weight is 358 g/mol. The third-order valence-corrected chi connectivity index (χ3v) is 4.21. The maximum absolute atomic E-state index is 12.6. The van der Waals surface area contributed by atoms with Gasteiger partial charge in [0.05, 0.1) is 18.6 Å². The lowest BCUT2D eigenvalue weighted by Gasteiger charge is -2.17. The number of methoxy groups -OCH3 is 1. The first kappa shape index (κ1) is 17.5. The predicted octanol–water partition coefficient (Wildman–Crippen LogP) is 2.60. The van der Waals surface area contributed by atoms with Crippen molar-refractivity contribution in [2.24, 2.45) is 0 Å². The number of nitrogens with zero attached hydrogens (tertiary/aromatic N) is 2. The lowest BCUT2D eigenvalue weighted by atomic mass is 10.1. The Morgan fingerprint density at radius 1 is 1.23 bits per heavy atom. The van der Waals surface area contributed by atoms with Crippen LogP contribution >= 0.6 is 0 Å². The number of phenols is 1. The van der Waals surface area contributed by atoms with Crippen molar-refractivity contribution >= 4 is 11.6 Å². The summed E-state index contributed by atoms with van der Waals surface area (Å²) in [7, 11) is 1.59. The van der Waals surface area contributed by atoms with Crippen LogP contribution in [0.5, 0.6) is 17.2 Å². The van der Waals surface area contributed by atoms with Crippen molar-refractivity contribution in [2.45, 2.75) is 12.5 Å². The van der Waals surface area contributed by atoms with E-state index in [0.717, 1.165) is 17.9 Å². The molecule has 8 nitrogen and oxygen atoms in total. The number of carbonyl (C=O) groups excluding carboxylic acids is 1. The Labute approximate surface area is 149 Å². The summed E-state index contributed by atoms with van der Waals surface area (Å²) >= 11 is 0. The topological polar surface area (TPSA) is 102 Å². The highest BCUT2D eigenvalue weighted by atomic mass is 16.6. The normalized spacial score (nSPS) is 16.3. The molecule has 0 spiro atoms. The quantitative estimate of drug-likeness (QED) is 0.651. The zero-order chi connectivity index (χ0) is 18.7. The summed E-state index contributed by atoms with van der Waals surface area (Å²) in [6.07, 6.45) is 0.511. The summed E-state index contributed by atoms with van der Waals surface area (Å²) in [5.74, 6) is 0.627. The molecule has 1 heterocycles. The molecule has 1 fully saturated rings. The van der Waals surface area contributed by atoms with Crippen molar-refractivity contribution in [1.82, 2.24) is 4.90 Å². The fourth-order valence-corrected chi connectivity index (χ4v) is 2.84. The third kappa shape index (κ3) is 3.69. The van der Waals surface area contributed by atoms with Crippen molar-refractivity contribution in [2.75, 3.05) is 20.2 Å². The predicted molar refractivity (Wildman–Crippen MR) is 92.7 cm³/mol. The molecule has 1 aliphatic rings. The molecule has 1 saturated heterocycles. The first-order valence-electron chi connectivity index (χ1n) is 8.05. The van der Waals surface area contributed by atoms with Gasteiger partial charge in [-0.05, 0) is 36.4 Å². The van der Waals surface area contributed by atoms with E-state index in [9.17, 15) is 20.0 Å². The van der Waals surface area contributed by atoms with Crippen LogP contribution < -0.4 is 9.47 Å². The van der Waals surface area contributed by atoms with Crippen molar-refractivity contribution in [3.8, 4) is 17.2 Å². The molecule has 0 saturated carbocycles. The standard InChI is InChI=1S/C18H18N2O6/c1-25-13-3-5-14(6-4-13)26-15-8-9-19(11-15)18(22)12-2-7-17(21)16(10-12)20(23)24/h2-7,10,15,21H,8-9,11H2,1H3/t15-/m1/s1. The maximum atomic E-state index is 12.6. The molecule has 0 bridgehead atoms. The highest BCUT2D eigenvalue weighted by Gasteiger charge is 2.29. The first-order chi connectivity index (χ1) is 12.5. The van der Waals surface area contributed by atoms with Crippen LogP contribution in [-0.4, -0.2) is 47.1 Å². The molecule has 0 unspecified atom stereocenters. The molecule has 26 heavy (non-hydrogen) atoms. The number of nitro benzene ring substituents is 1. The van der Waals surface area contributed by atoms with Crippen LogP contribution in [0.4, 0.5) is 5.69 Å². The number of amides is 1. The second-order valence-electron chi connectivity index (χ2n) is 5.92. The van der Waals surface area contributed by atoms with Crippen LogP contribution in [0.1, 0.15) is 16.8 Å². The zero-order valence-corrected chi connectivity index (χ0v) is 14.1. The first-order valence-corrected chi connectivity index (χ1v) is 8.05. The van der Waals surface area contributed by atoms with E-state index >= 15 is 0 Å². The monoisotopic (exact) mass is 358 g/mol. The third-order valence-electron chi connectivity index (χ3n) is 4.21. The molecular weight excluding hydrogens is 340 g/mol. The van der Waals surface area contributed by atoms with E-state index in [0.29, 0.717) is 25.3 Å². The molecule has 1 aliphatic heterocycles. The molecule has 1 amide bonds.